The first-order chi connectivity index (χ1) is 15.9. The number of ether oxygens (including phenoxy) is 1. The van der Waals surface area contributed by atoms with Gasteiger partial charge in [0.1, 0.15) is 11.7 Å². The maximum Gasteiger partial charge on any atom is 0.341 e. The van der Waals surface area contributed by atoms with Crippen molar-refractivity contribution in [2.45, 2.75) is 20.0 Å². The Balaban J connectivity index is 2.06. The summed E-state index contributed by atoms with van der Waals surface area (Å²) in [6, 6.07) is 0.437. The molecule has 1 fully saturated rings. The summed E-state index contributed by atoms with van der Waals surface area (Å²) in [6.07, 6.45) is 0.247. The van der Waals surface area contributed by atoms with Crippen LogP contribution < -0.4 is 16.1 Å². The van der Waals surface area contributed by atoms with Gasteiger partial charge in [0.2, 0.25) is 5.43 Å². The number of aromatic nitrogens is 2. The summed E-state index contributed by atoms with van der Waals surface area (Å²) in [5.74, 6) is -6.81. The number of fused-ring (bicyclic) bond motifs is 1. The first-order valence-electron chi connectivity index (χ1n) is 9.76. The number of carbonyl (C=O) groups is 2. The lowest BCUT2D eigenvalue weighted by atomic mass is 10.0. The monoisotopic (exact) mass is 496 g/mol. The standard InChI is InChI=1S/C21H16ClF3N4O5/c1-7-13-16(14(22)17(15(7)25)28-4-9(5-28)34-8(2)30)29(6-10(18(13)31)21(32)33)20-12(24)3-11(23)19(26)27-20/h3,6,9H,4-5H2,1-2H3,(H2,26,27)(H,32,33). The van der Waals surface area contributed by atoms with Crippen LogP contribution in [0.4, 0.5) is 24.7 Å². The highest BCUT2D eigenvalue weighted by Gasteiger charge is 2.35. The van der Waals surface area contributed by atoms with Gasteiger partial charge in [0.15, 0.2) is 29.1 Å². The van der Waals surface area contributed by atoms with Crippen LogP contribution in [0.5, 0.6) is 0 Å². The fourth-order valence-corrected chi connectivity index (χ4v) is 4.23. The minimum Gasteiger partial charge on any atom is -0.477 e. The lowest BCUT2D eigenvalue weighted by Gasteiger charge is -2.40. The Kier molecular flexibility index (Phi) is 5.64. The molecule has 0 aliphatic carbocycles. The fraction of sp³-hybridized carbons (Fsp3) is 0.238. The highest BCUT2D eigenvalue weighted by Crippen LogP contribution is 2.41. The van der Waals surface area contributed by atoms with E-state index in [9.17, 15) is 28.3 Å². The van der Waals surface area contributed by atoms with Crippen LogP contribution in [0.25, 0.3) is 16.7 Å². The summed E-state index contributed by atoms with van der Waals surface area (Å²) in [5.41, 5.74) is 2.93. The highest BCUT2D eigenvalue weighted by atomic mass is 35.5. The molecule has 0 radical (unpaired) electrons. The zero-order valence-electron chi connectivity index (χ0n) is 17.7. The molecule has 0 saturated carbocycles. The Hall–Kier alpha value is -3.80. The third kappa shape index (κ3) is 3.59. The van der Waals surface area contributed by atoms with Gasteiger partial charge in [0, 0.05) is 24.8 Å². The quantitative estimate of drug-likeness (QED) is 0.528. The average Bonchev–Trinajstić information content (AvgIpc) is 2.72. The number of rotatable bonds is 4. The molecule has 0 atom stereocenters. The lowest BCUT2D eigenvalue weighted by Crippen LogP contribution is -2.53. The van der Waals surface area contributed by atoms with Gasteiger partial charge in [-0.2, -0.15) is 0 Å². The van der Waals surface area contributed by atoms with E-state index in [-0.39, 0.29) is 34.9 Å². The number of nitrogens with zero attached hydrogens (tertiary/aromatic N) is 3. The van der Waals surface area contributed by atoms with Gasteiger partial charge in [-0.3, -0.25) is 14.2 Å². The number of carboxylic acids is 1. The molecule has 2 aromatic heterocycles. The second-order valence-corrected chi connectivity index (χ2v) is 8.05. The number of nitrogen functional groups attached to an aromatic ring is 1. The molecule has 1 aliphatic rings. The molecule has 4 rings (SSSR count). The van der Waals surface area contributed by atoms with E-state index in [1.165, 1.54) is 18.7 Å². The normalized spacial score (nSPS) is 13.8. The molecule has 13 heteroatoms. The van der Waals surface area contributed by atoms with E-state index in [2.05, 4.69) is 4.98 Å². The summed E-state index contributed by atoms with van der Waals surface area (Å²) in [7, 11) is 0. The number of nitrogens with two attached hydrogens (primary N) is 1. The van der Waals surface area contributed by atoms with Crippen molar-refractivity contribution < 1.29 is 32.6 Å². The number of anilines is 2. The van der Waals surface area contributed by atoms with Crippen molar-refractivity contribution in [1.82, 2.24) is 9.55 Å². The van der Waals surface area contributed by atoms with Crippen LogP contribution in [0.2, 0.25) is 5.02 Å². The van der Waals surface area contributed by atoms with Crippen LogP contribution in [-0.4, -0.2) is 45.8 Å². The summed E-state index contributed by atoms with van der Waals surface area (Å²) < 4.78 is 49.7. The minimum absolute atomic E-state index is 0.0920. The van der Waals surface area contributed by atoms with E-state index < -0.39 is 63.5 Å². The van der Waals surface area contributed by atoms with Crippen LogP contribution in [0.15, 0.2) is 17.1 Å². The van der Waals surface area contributed by atoms with Gasteiger partial charge < -0.3 is 20.5 Å². The van der Waals surface area contributed by atoms with Crippen LogP contribution in [0.1, 0.15) is 22.8 Å². The number of halogens is 4. The fourth-order valence-electron chi connectivity index (χ4n) is 3.84. The molecule has 1 saturated heterocycles. The molecule has 3 N–H and O–H groups in total. The smallest absolute Gasteiger partial charge is 0.341 e. The second kappa shape index (κ2) is 8.20. The first kappa shape index (κ1) is 23.4. The van der Waals surface area contributed by atoms with E-state index in [1.807, 2.05) is 0 Å². The Labute approximate surface area is 194 Å². The molecule has 0 amide bonds. The summed E-state index contributed by atoms with van der Waals surface area (Å²) >= 11 is 6.51. The third-order valence-corrected chi connectivity index (χ3v) is 5.79. The summed E-state index contributed by atoms with van der Waals surface area (Å²) in [6.45, 7) is 2.65. The third-order valence-electron chi connectivity index (χ3n) is 5.43. The molecule has 3 aromatic rings. The molecular formula is C21H16ClF3N4O5. The molecular weight excluding hydrogens is 481 g/mol. The van der Waals surface area contributed by atoms with E-state index in [4.69, 9.17) is 22.1 Å². The zero-order chi connectivity index (χ0) is 25.1. The van der Waals surface area contributed by atoms with Crippen molar-refractivity contribution in [3.63, 3.8) is 0 Å². The van der Waals surface area contributed by atoms with Crippen molar-refractivity contribution in [3.05, 3.63) is 56.1 Å². The van der Waals surface area contributed by atoms with Crippen molar-refractivity contribution in [2.24, 2.45) is 0 Å². The zero-order valence-corrected chi connectivity index (χ0v) is 18.4. The molecule has 1 aromatic carbocycles. The number of pyridine rings is 2. The Morgan fingerprint density at radius 3 is 2.50 bits per heavy atom. The molecule has 34 heavy (non-hydrogen) atoms. The van der Waals surface area contributed by atoms with Gasteiger partial charge in [-0.25, -0.2) is 22.9 Å². The Morgan fingerprint density at radius 1 is 1.26 bits per heavy atom. The maximum atomic E-state index is 15.4. The molecule has 0 unspecified atom stereocenters. The lowest BCUT2D eigenvalue weighted by molar-refractivity contribution is -0.147. The van der Waals surface area contributed by atoms with Crippen LogP contribution in [-0.2, 0) is 9.53 Å². The van der Waals surface area contributed by atoms with E-state index in [0.717, 1.165) is 10.8 Å². The predicted molar refractivity (Wildman–Crippen MR) is 116 cm³/mol. The number of aryl methyl sites for hydroxylation is 1. The number of benzene rings is 1. The first-order valence-corrected chi connectivity index (χ1v) is 10.1. The molecule has 178 valence electrons. The molecule has 0 spiro atoms. The van der Waals surface area contributed by atoms with Crippen molar-refractivity contribution in [2.75, 3.05) is 23.7 Å². The number of hydrogen-bond donors (Lipinski definition) is 2. The SMILES string of the molecule is CC(=O)OC1CN(c2c(F)c(C)c3c(=O)c(C(=O)O)cn(-c4nc(N)c(F)cc4F)c3c2Cl)C1. The average molecular weight is 497 g/mol. The van der Waals surface area contributed by atoms with E-state index in [1.54, 1.807) is 0 Å². The summed E-state index contributed by atoms with van der Waals surface area (Å²) in [4.78, 5) is 40.9. The predicted octanol–water partition coefficient (Wildman–Crippen LogP) is 2.80. The van der Waals surface area contributed by atoms with Crippen molar-refractivity contribution >= 4 is 45.9 Å². The van der Waals surface area contributed by atoms with Gasteiger partial charge >= 0.3 is 11.9 Å². The van der Waals surface area contributed by atoms with Crippen LogP contribution >= 0.6 is 11.6 Å². The van der Waals surface area contributed by atoms with Gasteiger partial charge in [-0.1, -0.05) is 11.6 Å². The number of hydrogen-bond acceptors (Lipinski definition) is 7. The minimum atomic E-state index is -1.66. The number of aromatic carboxylic acids is 1. The summed E-state index contributed by atoms with van der Waals surface area (Å²) in [5, 5.41) is 8.72. The molecule has 9 nitrogen and oxygen atoms in total. The van der Waals surface area contributed by atoms with Gasteiger partial charge in [-0.05, 0) is 6.92 Å². The van der Waals surface area contributed by atoms with Crippen LogP contribution in [0, 0.1) is 24.4 Å². The molecule has 0 bridgehead atoms. The van der Waals surface area contributed by atoms with Crippen molar-refractivity contribution in [1.29, 1.82) is 0 Å². The van der Waals surface area contributed by atoms with E-state index in [0.29, 0.717) is 6.07 Å². The van der Waals surface area contributed by atoms with Gasteiger partial charge in [-0.15, -0.1) is 0 Å². The Morgan fingerprint density at radius 2 is 1.91 bits per heavy atom. The molecule has 3 heterocycles. The maximum absolute atomic E-state index is 15.4. The number of carboxylic acid groups (broad SMARTS) is 1. The van der Waals surface area contributed by atoms with Crippen molar-refractivity contribution in [3.8, 4) is 5.82 Å². The number of esters is 1. The molecule has 1 aliphatic heterocycles. The highest BCUT2D eigenvalue weighted by molar-refractivity contribution is 6.38. The van der Waals surface area contributed by atoms with Crippen LogP contribution in [0.3, 0.4) is 0 Å². The van der Waals surface area contributed by atoms with E-state index >= 15 is 4.39 Å². The largest absolute Gasteiger partial charge is 0.477 e. The second-order valence-electron chi connectivity index (χ2n) is 7.67. The van der Waals surface area contributed by atoms with Gasteiger partial charge in [0.05, 0.1) is 34.7 Å². The topological polar surface area (TPSA) is 128 Å². The van der Waals surface area contributed by atoms with Gasteiger partial charge in [0.25, 0.3) is 0 Å². The Bertz CT molecular complexity index is 1450. The number of carbonyl (C=O) groups excluding carboxylic acids is 1.